The summed E-state index contributed by atoms with van der Waals surface area (Å²) in [5.74, 6) is -0.998. The molecule has 2 rings (SSSR count). The number of aliphatic hydroxyl groups is 1. The summed E-state index contributed by atoms with van der Waals surface area (Å²) in [6.45, 7) is 4.76. The summed E-state index contributed by atoms with van der Waals surface area (Å²) in [5.41, 5.74) is 0.0556. The van der Waals surface area contributed by atoms with Crippen molar-refractivity contribution in [3.8, 4) is 0 Å². The molecule has 2 aromatic carbocycles. The van der Waals surface area contributed by atoms with Gasteiger partial charge in [0.25, 0.3) is 5.91 Å². The first kappa shape index (κ1) is 25.6. The van der Waals surface area contributed by atoms with Gasteiger partial charge in [0.15, 0.2) is 6.10 Å². The van der Waals surface area contributed by atoms with E-state index in [0.29, 0.717) is 17.9 Å². The highest BCUT2D eigenvalue weighted by Crippen LogP contribution is 2.27. The Balaban J connectivity index is 1.95. The van der Waals surface area contributed by atoms with Gasteiger partial charge in [0.2, 0.25) is 6.41 Å². The van der Waals surface area contributed by atoms with E-state index in [0.717, 1.165) is 16.3 Å². The normalized spacial score (nSPS) is 14.1. The maximum absolute atomic E-state index is 13.0. The van der Waals surface area contributed by atoms with Crippen molar-refractivity contribution in [3.63, 3.8) is 0 Å². The van der Waals surface area contributed by atoms with Crippen molar-refractivity contribution in [1.29, 1.82) is 0 Å². The molecule has 176 valence electrons. The van der Waals surface area contributed by atoms with Crippen LogP contribution in [-0.4, -0.2) is 53.0 Å². The molecule has 2 atom stereocenters. The number of hydrogen-bond donors (Lipinski definition) is 2. The predicted octanol–water partition coefficient (Wildman–Crippen LogP) is 3.76. The monoisotopic (exact) mass is 454 g/mol. The maximum Gasteiger partial charge on any atom is 0.391 e. The average molecular weight is 454 g/mol. The van der Waals surface area contributed by atoms with Crippen LogP contribution in [0.25, 0.3) is 10.8 Å². The lowest BCUT2D eigenvalue weighted by Crippen LogP contribution is -2.53. The van der Waals surface area contributed by atoms with Crippen LogP contribution in [0.5, 0.6) is 0 Å². The molecule has 0 spiro atoms. The number of carbonyl (C=O) groups is 2. The van der Waals surface area contributed by atoms with Crippen LogP contribution in [0.4, 0.5) is 13.2 Å². The van der Waals surface area contributed by atoms with E-state index in [4.69, 9.17) is 4.84 Å². The lowest BCUT2D eigenvalue weighted by Gasteiger charge is -2.35. The van der Waals surface area contributed by atoms with Gasteiger partial charge in [-0.3, -0.25) is 14.4 Å². The van der Waals surface area contributed by atoms with Crippen molar-refractivity contribution in [2.24, 2.45) is 0 Å². The van der Waals surface area contributed by atoms with E-state index in [1.807, 2.05) is 42.5 Å². The molecule has 0 aliphatic carbocycles. The highest BCUT2D eigenvalue weighted by molar-refractivity contribution is 5.83. The summed E-state index contributed by atoms with van der Waals surface area (Å²) in [7, 11) is 0. The molecule has 0 radical (unpaired) electrons. The minimum Gasteiger partial charge on any atom is -0.381 e. The van der Waals surface area contributed by atoms with E-state index < -0.39 is 36.3 Å². The minimum atomic E-state index is -4.72. The Morgan fingerprint density at radius 3 is 2.41 bits per heavy atom. The molecule has 0 bridgehead atoms. The van der Waals surface area contributed by atoms with Crippen LogP contribution < -0.4 is 5.32 Å². The number of amides is 2. The van der Waals surface area contributed by atoms with Gasteiger partial charge in [0.1, 0.15) is 6.04 Å². The van der Waals surface area contributed by atoms with E-state index in [9.17, 15) is 27.9 Å². The number of carbonyl (C=O) groups excluding carboxylic acids is 2. The van der Waals surface area contributed by atoms with Gasteiger partial charge in [-0.2, -0.15) is 13.2 Å². The van der Waals surface area contributed by atoms with Crippen LogP contribution >= 0.6 is 0 Å². The SMILES string of the molecule is CC(C)(C)ON(C=O)C(CC(F)(F)F)C(O)C(=O)NCCCc1ccc2ccccc2c1. The van der Waals surface area contributed by atoms with Gasteiger partial charge in [-0.1, -0.05) is 42.5 Å². The van der Waals surface area contributed by atoms with Crippen LogP contribution in [0, 0.1) is 0 Å². The summed E-state index contributed by atoms with van der Waals surface area (Å²) < 4.78 is 39.1. The van der Waals surface area contributed by atoms with Crippen molar-refractivity contribution in [2.45, 2.75) is 64.0 Å². The van der Waals surface area contributed by atoms with Gasteiger partial charge < -0.3 is 10.4 Å². The smallest absolute Gasteiger partial charge is 0.381 e. The Morgan fingerprint density at radius 2 is 1.81 bits per heavy atom. The second kappa shape index (κ2) is 10.8. The lowest BCUT2D eigenvalue weighted by atomic mass is 10.0. The summed E-state index contributed by atoms with van der Waals surface area (Å²) in [4.78, 5) is 28.9. The Hall–Kier alpha value is -2.65. The van der Waals surface area contributed by atoms with Crippen molar-refractivity contribution >= 4 is 23.1 Å². The summed E-state index contributed by atoms with van der Waals surface area (Å²) in [6.07, 6.45) is -7.21. The van der Waals surface area contributed by atoms with Gasteiger partial charge in [0.05, 0.1) is 12.0 Å². The van der Waals surface area contributed by atoms with Gasteiger partial charge in [0, 0.05) is 6.54 Å². The number of hydroxylamine groups is 2. The highest BCUT2D eigenvalue weighted by Gasteiger charge is 2.42. The number of rotatable bonds is 10. The first-order valence-corrected chi connectivity index (χ1v) is 10.3. The van der Waals surface area contributed by atoms with E-state index in [1.165, 1.54) is 20.8 Å². The zero-order chi connectivity index (χ0) is 23.9. The Morgan fingerprint density at radius 1 is 1.16 bits per heavy atom. The van der Waals surface area contributed by atoms with Gasteiger partial charge >= 0.3 is 6.18 Å². The largest absolute Gasteiger partial charge is 0.391 e. The second-order valence-corrected chi connectivity index (χ2v) is 8.58. The fraction of sp³-hybridized carbons (Fsp3) is 0.478. The number of nitrogens with one attached hydrogen (secondary N) is 1. The third kappa shape index (κ3) is 8.12. The fourth-order valence-corrected chi connectivity index (χ4v) is 3.24. The zero-order valence-electron chi connectivity index (χ0n) is 18.4. The third-order valence-electron chi connectivity index (χ3n) is 4.64. The van der Waals surface area contributed by atoms with E-state index >= 15 is 0 Å². The summed E-state index contributed by atoms with van der Waals surface area (Å²) in [6, 6.07) is 12.0. The van der Waals surface area contributed by atoms with Crippen molar-refractivity contribution < 1.29 is 32.7 Å². The Bertz CT molecular complexity index is 912. The van der Waals surface area contributed by atoms with Crippen molar-refractivity contribution in [1.82, 2.24) is 10.4 Å². The number of alkyl halides is 3. The molecule has 0 saturated heterocycles. The van der Waals surface area contributed by atoms with Crippen LogP contribution in [0.15, 0.2) is 42.5 Å². The van der Waals surface area contributed by atoms with E-state index in [2.05, 4.69) is 5.32 Å². The number of aryl methyl sites for hydroxylation is 1. The standard InChI is InChI=1S/C23H29F3N2O4/c1-22(2,3)32-28(15-29)19(14-23(24,25)26)20(30)21(31)27-12-6-7-16-10-11-17-8-4-5-9-18(17)13-16/h4-5,8-11,13,15,19-20,30H,6-7,12,14H2,1-3H3,(H,27,31). The molecule has 0 aromatic heterocycles. The fourth-order valence-electron chi connectivity index (χ4n) is 3.24. The Labute approximate surface area is 185 Å². The number of aliphatic hydroxyl groups excluding tert-OH is 1. The molecular formula is C23H29F3N2O4. The molecular weight excluding hydrogens is 425 g/mol. The van der Waals surface area contributed by atoms with Crippen LogP contribution in [-0.2, 0) is 20.8 Å². The molecule has 2 aromatic rings. The molecule has 0 fully saturated rings. The van der Waals surface area contributed by atoms with Crippen molar-refractivity contribution in [2.75, 3.05) is 6.54 Å². The number of halogens is 3. The van der Waals surface area contributed by atoms with Gasteiger partial charge in [-0.25, -0.2) is 5.06 Å². The van der Waals surface area contributed by atoms with Gasteiger partial charge in [-0.15, -0.1) is 0 Å². The third-order valence-corrected chi connectivity index (χ3v) is 4.64. The quantitative estimate of drug-likeness (QED) is 0.326. The van der Waals surface area contributed by atoms with Crippen LogP contribution in [0.2, 0.25) is 0 Å². The summed E-state index contributed by atoms with van der Waals surface area (Å²) in [5, 5.41) is 15.3. The Kier molecular flexibility index (Phi) is 8.63. The molecule has 2 amide bonds. The number of nitrogens with zero attached hydrogens (tertiary/aromatic N) is 1. The molecule has 32 heavy (non-hydrogen) atoms. The predicted molar refractivity (Wildman–Crippen MR) is 114 cm³/mol. The first-order valence-electron chi connectivity index (χ1n) is 10.3. The number of fused-ring (bicyclic) bond motifs is 1. The number of benzene rings is 2. The molecule has 0 saturated carbocycles. The molecule has 9 heteroatoms. The zero-order valence-corrected chi connectivity index (χ0v) is 18.4. The lowest BCUT2D eigenvalue weighted by molar-refractivity contribution is -0.257. The average Bonchev–Trinajstić information content (AvgIpc) is 2.71. The minimum absolute atomic E-state index is 0.0396. The maximum atomic E-state index is 13.0. The second-order valence-electron chi connectivity index (χ2n) is 8.58. The number of hydrogen-bond acceptors (Lipinski definition) is 4. The topological polar surface area (TPSA) is 78.9 Å². The first-order chi connectivity index (χ1) is 14.9. The molecule has 0 heterocycles. The van der Waals surface area contributed by atoms with Gasteiger partial charge in [-0.05, 0) is 49.9 Å². The van der Waals surface area contributed by atoms with Crippen molar-refractivity contribution in [3.05, 3.63) is 48.0 Å². The van der Waals surface area contributed by atoms with E-state index in [-0.39, 0.29) is 13.0 Å². The van der Waals surface area contributed by atoms with Crippen LogP contribution in [0.1, 0.15) is 39.2 Å². The molecule has 6 nitrogen and oxygen atoms in total. The molecule has 0 aliphatic heterocycles. The van der Waals surface area contributed by atoms with E-state index in [1.54, 1.807) is 0 Å². The highest BCUT2D eigenvalue weighted by atomic mass is 19.4. The molecule has 0 aliphatic rings. The summed E-state index contributed by atoms with van der Waals surface area (Å²) >= 11 is 0. The molecule has 2 N–H and O–H groups in total. The molecule has 2 unspecified atom stereocenters. The van der Waals surface area contributed by atoms with Crippen LogP contribution in [0.3, 0.4) is 0 Å².